The number of imidazole rings is 1. The smallest absolute Gasteiger partial charge is 0.267 e. The van der Waals surface area contributed by atoms with Crippen molar-refractivity contribution >= 4 is 11.4 Å². The number of Topliss-reactive ketones (excluding diaryl/α,β-unsaturated/α-hetero) is 1. The third-order valence-electron chi connectivity index (χ3n) is 6.06. The molecule has 0 amide bonds. The maximum atomic E-state index is 12.6. The van der Waals surface area contributed by atoms with Crippen LogP contribution in [0.5, 0.6) is 0 Å². The summed E-state index contributed by atoms with van der Waals surface area (Å²) in [6.45, 7) is 5.50. The molecule has 1 atom stereocenters. The number of rotatable bonds is 5. The number of ketones is 1. The van der Waals surface area contributed by atoms with Gasteiger partial charge in [-0.2, -0.15) is 5.10 Å². The number of hydrogen-bond acceptors (Lipinski definition) is 4. The third-order valence-corrected chi connectivity index (χ3v) is 6.06. The number of fused-ring (bicyclic) bond motifs is 1. The summed E-state index contributed by atoms with van der Waals surface area (Å²) in [6, 6.07) is 3.32. The summed E-state index contributed by atoms with van der Waals surface area (Å²) in [4.78, 5) is 29.2. The van der Waals surface area contributed by atoms with Gasteiger partial charge in [-0.15, -0.1) is 0 Å². The van der Waals surface area contributed by atoms with Crippen molar-refractivity contribution in [3.8, 4) is 0 Å². The van der Waals surface area contributed by atoms with Crippen LogP contribution in [0.2, 0.25) is 0 Å². The van der Waals surface area contributed by atoms with Crippen molar-refractivity contribution in [3.05, 3.63) is 52.5 Å². The molecule has 1 unspecified atom stereocenters. The molecule has 3 heterocycles. The largest absolute Gasteiger partial charge is 0.335 e. The average Bonchev–Trinajstić information content (AvgIpc) is 3.11. The number of aromatic nitrogens is 4. The molecule has 6 nitrogen and oxygen atoms in total. The van der Waals surface area contributed by atoms with Gasteiger partial charge >= 0.3 is 0 Å². The van der Waals surface area contributed by atoms with E-state index in [1.165, 1.54) is 16.3 Å². The molecule has 1 aliphatic heterocycles. The molecule has 2 aliphatic rings. The zero-order valence-electron chi connectivity index (χ0n) is 16.7. The first-order chi connectivity index (χ1) is 13.4. The third kappa shape index (κ3) is 4.16. The second-order valence-corrected chi connectivity index (χ2v) is 8.95. The Hall–Kier alpha value is -2.50. The van der Waals surface area contributed by atoms with Crippen molar-refractivity contribution in [2.24, 2.45) is 11.3 Å². The summed E-state index contributed by atoms with van der Waals surface area (Å²) in [6.07, 6.45) is 11.4. The molecular formula is C22H28N4O2. The molecular weight excluding hydrogens is 352 g/mol. The summed E-state index contributed by atoms with van der Waals surface area (Å²) in [5.41, 5.74) is 2.11. The summed E-state index contributed by atoms with van der Waals surface area (Å²) < 4.78 is 3.48. The van der Waals surface area contributed by atoms with Crippen LogP contribution in [0.4, 0.5) is 0 Å². The van der Waals surface area contributed by atoms with Gasteiger partial charge in [-0.1, -0.05) is 19.9 Å². The predicted octanol–water partition coefficient (Wildman–Crippen LogP) is 3.26. The SMILES string of the molecule is CC1(C)CC=C(c2ccc(=O)n(CC(=O)CC3CCn4ccnc4C3)n2)CC1. The Morgan fingerprint density at radius 2 is 2.18 bits per heavy atom. The van der Waals surface area contributed by atoms with E-state index >= 15 is 0 Å². The highest BCUT2D eigenvalue weighted by Gasteiger charge is 2.24. The zero-order valence-corrected chi connectivity index (χ0v) is 16.7. The monoisotopic (exact) mass is 380 g/mol. The van der Waals surface area contributed by atoms with E-state index < -0.39 is 0 Å². The highest BCUT2D eigenvalue weighted by molar-refractivity contribution is 5.78. The Bertz CT molecular complexity index is 967. The number of carbonyl (C=O) groups excluding carboxylic acids is 1. The minimum atomic E-state index is -0.215. The molecule has 148 valence electrons. The molecule has 0 spiro atoms. The van der Waals surface area contributed by atoms with Crippen LogP contribution in [-0.4, -0.2) is 25.1 Å². The fourth-order valence-electron chi connectivity index (χ4n) is 4.19. The van der Waals surface area contributed by atoms with Gasteiger partial charge in [0.15, 0.2) is 5.78 Å². The van der Waals surface area contributed by atoms with Gasteiger partial charge in [-0.05, 0) is 48.7 Å². The van der Waals surface area contributed by atoms with Crippen LogP contribution in [0, 0.1) is 11.3 Å². The number of hydrogen-bond donors (Lipinski definition) is 0. The fraction of sp³-hybridized carbons (Fsp3) is 0.545. The molecule has 0 saturated heterocycles. The molecule has 2 aromatic heterocycles. The van der Waals surface area contributed by atoms with Crippen LogP contribution < -0.4 is 5.56 Å². The van der Waals surface area contributed by atoms with Gasteiger partial charge in [-0.25, -0.2) is 9.67 Å². The maximum absolute atomic E-state index is 12.6. The molecule has 0 N–H and O–H groups in total. The van der Waals surface area contributed by atoms with Crippen LogP contribution in [-0.2, 0) is 24.3 Å². The van der Waals surface area contributed by atoms with Crippen LogP contribution >= 0.6 is 0 Å². The Morgan fingerprint density at radius 3 is 2.96 bits per heavy atom. The molecule has 28 heavy (non-hydrogen) atoms. The molecule has 0 bridgehead atoms. The van der Waals surface area contributed by atoms with Crippen LogP contribution in [0.1, 0.15) is 57.5 Å². The average molecular weight is 380 g/mol. The van der Waals surface area contributed by atoms with E-state index in [1.54, 1.807) is 6.07 Å². The van der Waals surface area contributed by atoms with E-state index in [2.05, 4.69) is 34.6 Å². The quantitative estimate of drug-likeness (QED) is 0.798. The second kappa shape index (κ2) is 7.49. The lowest BCUT2D eigenvalue weighted by molar-refractivity contribution is -0.120. The van der Waals surface area contributed by atoms with Crippen LogP contribution in [0.15, 0.2) is 35.4 Å². The molecule has 6 heteroatoms. The molecule has 1 aliphatic carbocycles. The summed E-state index contributed by atoms with van der Waals surface area (Å²) >= 11 is 0. The van der Waals surface area contributed by atoms with Crippen molar-refractivity contribution in [2.45, 2.75) is 65.5 Å². The molecule has 0 aromatic carbocycles. The van der Waals surface area contributed by atoms with Crippen molar-refractivity contribution in [3.63, 3.8) is 0 Å². The van der Waals surface area contributed by atoms with Crippen LogP contribution in [0.3, 0.4) is 0 Å². The van der Waals surface area contributed by atoms with E-state index in [9.17, 15) is 9.59 Å². The summed E-state index contributed by atoms with van der Waals surface area (Å²) in [5, 5.41) is 4.50. The van der Waals surface area contributed by atoms with Gasteiger partial charge in [0.2, 0.25) is 0 Å². The van der Waals surface area contributed by atoms with E-state index in [-0.39, 0.29) is 17.9 Å². The van der Waals surface area contributed by atoms with Crippen molar-refractivity contribution in [2.75, 3.05) is 0 Å². The van der Waals surface area contributed by atoms with Gasteiger partial charge in [-0.3, -0.25) is 9.59 Å². The number of carbonyl (C=O) groups is 1. The second-order valence-electron chi connectivity index (χ2n) is 8.95. The first-order valence-corrected chi connectivity index (χ1v) is 10.2. The van der Waals surface area contributed by atoms with E-state index in [1.807, 2.05) is 12.4 Å². The highest BCUT2D eigenvalue weighted by Crippen LogP contribution is 2.37. The Morgan fingerprint density at radius 1 is 1.32 bits per heavy atom. The van der Waals surface area contributed by atoms with Gasteiger partial charge in [0.1, 0.15) is 12.4 Å². The standard InChI is InChI=1S/C22H28N4O2/c1-22(2)8-5-17(6-9-22)19-3-4-21(28)26(24-19)15-18(27)13-16-7-11-25-12-10-23-20(25)14-16/h3-5,10,12,16H,6-9,11,13-15H2,1-2H3. The Balaban J connectivity index is 1.42. The number of nitrogens with zero attached hydrogens (tertiary/aromatic N) is 4. The molecule has 0 radical (unpaired) electrons. The minimum absolute atomic E-state index is 0.0520. The number of aryl methyl sites for hydroxylation is 1. The summed E-state index contributed by atoms with van der Waals surface area (Å²) in [5.74, 6) is 1.41. The first-order valence-electron chi connectivity index (χ1n) is 10.2. The topological polar surface area (TPSA) is 69.8 Å². The van der Waals surface area contributed by atoms with Gasteiger partial charge < -0.3 is 4.57 Å². The lowest BCUT2D eigenvalue weighted by Crippen LogP contribution is -2.29. The molecule has 4 rings (SSSR count). The lowest BCUT2D eigenvalue weighted by atomic mass is 9.78. The van der Waals surface area contributed by atoms with E-state index in [0.717, 1.165) is 50.2 Å². The first kappa shape index (κ1) is 18.8. The van der Waals surface area contributed by atoms with E-state index in [4.69, 9.17) is 0 Å². The molecule has 2 aromatic rings. The highest BCUT2D eigenvalue weighted by atomic mass is 16.1. The fourth-order valence-corrected chi connectivity index (χ4v) is 4.19. The minimum Gasteiger partial charge on any atom is -0.335 e. The molecule has 0 saturated carbocycles. The lowest BCUT2D eigenvalue weighted by Gasteiger charge is -2.28. The van der Waals surface area contributed by atoms with Gasteiger partial charge in [0, 0.05) is 37.8 Å². The van der Waals surface area contributed by atoms with Crippen molar-refractivity contribution < 1.29 is 4.79 Å². The molecule has 0 fully saturated rings. The summed E-state index contributed by atoms with van der Waals surface area (Å²) in [7, 11) is 0. The maximum Gasteiger partial charge on any atom is 0.267 e. The normalized spacial score (nSPS) is 21.1. The van der Waals surface area contributed by atoms with E-state index in [0.29, 0.717) is 17.8 Å². The Kier molecular flexibility index (Phi) is 5.04. The zero-order chi connectivity index (χ0) is 19.7. The van der Waals surface area contributed by atoms with Crippen molar-refractivity contribution in [1.82, 2.24) is 19.3 Å². The predicted molar refractivity (Wildman–Crippen MR) is 108 cm³/mol. The van der Waals surface area contributed by atoms with Gasteiger partial charge in [0.25, 0.3) is 5.56 Å². The van der Waals surface area contributed by atoms with Gasteiger partial charge in [0.05, 0.1) is 5.69 Å². The Labute approximate surface area is 165 Å². The van der Waals surface area contributed by atoms with Crippen LogP contribution in [0.25, 0.3) is 5.57 Å². The number of allylic oxidation sites excluding steroid dienone is 2. The van der Waals surface area contributed by atoms with Crippen molar-refractivity contribution in [1.29, 1.82) is 0 Å².